The van der Waals surface area contributed by atoms with Crippen molar-refractivity contribution in [3.8, 4) is 11.5 Å². The molecule has 0 aromatic heterocycles. The van der Waals surface area contributed by atoms with Gasteiger partial charge < -0.3 is 19.7 Å². The Bertz CT molecular complexity index is 742. The maximum Gasteiger partial charge on any atom is 0.253 e. The maximum absolute atomic E-state index is 11.9. The van der Waals surface area contributed by atoms with Gasteiger partial charge in [-0.25, -0.2) is 0 Å². The van der Waals surface area contributed by atoms with Crippen LogP contribution in [0.4, 0.5) is 0 Å². The Balaban J connectivity index is 1.75. The van der Waals surface area contributed by atoms with Crippen molar-refractivity contribution in [1.29, 1.82) is 0 Å². The Hall–Kier alpha value is -3.02. The molecule has 2 aromatic carbocycles. The molecule has 0 unspecified atom stereocenters. The molecule has 0 bridgehead atoms. The quantitative estimate of drug-likeness (QED) is 0.789. The third-order valence-corrected chi connectivity index (χ3v) is 3.75. The molecule has 0 fully saturated rings. The van der Waals surface area contributed by atoms with Gasteiger partial charge in [0.1, 0.15) is 0 Å². The Morgan fingerprint density at radius 3 is 2.27 bits per heavy atom. The average molecular weight is 356 g/mol. The molecule has 0 radical (unpaired) electrons. The molecule has 138 valence electrons. The van der Waals surface area contributed by atoms with Gasteiger partial charge in [-0.15, -0.1) is 0 Å². The highest BCUT2D eigenvalue weighted by atomic mass is 16.5. The molecule has 2 amide bonds. The Morgan fingerprint density at radius 1 is 1.00 bits per heavy atom. The van der Waals surface area contributed by atoms with Gasteiger partial charge in [0, 0.05) is 26.2 Å². The van der Waals surface area contributed by atoms with Gasteiger partial charge in [-0.05, 0) is 29.8 Å². The van der Waals surface area contributed by atoms with Gasteiger partial charge in [0.25, 0.3) is 5.91 Å². The van der Waals surface area contributed by atoms with Crippen molar-refractivity contribution in [3.05, 3.63) is 59.7 Å². The van der Waals surface area contributed by atoms with E-state index < -0.39 is 0 Å². The predicted octanol–water partition coefficient (Wildman–Crippen LogP) is 2.48. The highest BCUT2D eigenvalue weighted by Gasteiger charge is 2.08. The van der Waals surface area contributed by atoms with Gasteiger partial charge in [-0.1, -0.05) is 24.3 Å². The first-order valence-corrected chi connectivity index (χ1v) is 8.34. The molecule has 0 spiro atoms. The second kappa shape index (κ2) is 9.46. The normalized spacial score (nSPS) is 10.1. The van der Waals surface area contributed by atoms with Crippen LogP contribution in [0.25, 0.3) is 0 Å². The summed E-state index contributed by atoms with van der Waals surface area (Å²) in [5.74, 6) is 1.10. The molecular weight excluding hydrogens is 332 g/mol. The summed E-state index contributed by atoms with van der Waals surface area (Å²) in [5, 5.41) is 2.84. The van der Waals surface area contributed by atoms with Crippen LogP contribution in [0.3, 0.4) is 0 Å². The number of rotatable bonds is 8. The standard InChI is InChI=1S/C20H24N2O4/c1-22(2)20(24)16-10-8-15(9-11-16)14-21-19(23)12-13-26-18-7-5-4-6-17(18)25-3/h4-11H,12-14H2,1-3H3,(H,21,23). The lowest BCUT2D eigenvalue weighted by Gasteiger charge is -2.11. The third-order valence-electron chi connectivity index (χ3n) is 3.75. The number of benzene rings is 2. The molecule has 2 rings (SSSR count). The van der Waals surface area contributed by atoms with Crippen LogP contribution in [0.1, 0.15) is 22.3 Å². The zero-order valence-electron chi connectivity index (χ0n) is 15.3. The van der Waals surface area contributed by atoms with Gasteiger partial charge >= 0.3 is 0 Å². The summed E-state index contributed by atoms with van der Waals surface area (Å²) >= 11 is 0. The highest BCUT2D eigenvalue weighted by molar-refractivity contribution is 5.93. The van der Waals surface area contributed by atoms with Crippen molar-refractivity contribution in [2.45, 2.75) is 13.0 Å². The summed E-state index contributed by atoms with van der Waals surface area (Å²) in [6.07, 6.45) is 0.245. The van der Waals surface area contributed by atoms with Gasteiger partial charge in [-0.3, -0.25) is 9.59 Å². The van der Waals surface area contributed by atoms with Crippen molar-refractivity contribution < 1.29 is 19.1 Å². The average Bonchev–Trinajstić information content (AvgIpc) is 2.66. The van der Waals surface area contributed by atoms with Crippen molar-refractivity contribution >= 4 is 11.8 Å². The minimum absolute atomic E-state index is 0.0472. The lowest BCUT2D eigenvalue weighted by atomic mass is 10.1. The van der Waals surface area contributed by atoms with Gasteiger partial charge in [0.05, 0.1) is 20.1 Å². The zero-order valence-corrected chi connectivity index (χ0v) is 15.3. The minimum atomic E-state index is -0.103. The van der Waals surface area contributed by atoms with E-state index in [-0.39, 0.29) is 24.8 Å². The Morgan fingerprint density at radius 2 is 1.65 bits per heavy atom. The number of methoxy groups -OCH3 is 1. The number of amides is 2. The number of nitrogens with zero attached hydrogens (tertiary/aromatic N) is 1. The van der Waals surface area contributed by atoms with E-state index in [1.165, 1.54) is 4.90 Å². The van der Waals surface area contributed by atoms with Crippen LogP contribution in [0, 0.1) is 0 Å². The molecule has 0 aliphatic heterocycles. The third kappa shape index (κ3) is 5.51. The summed E-state index contributed by atoms with van der Waals surface area (Å²) in [6.45, 7) is 0.673. The summed E-state index contributed by atoms with van der Waals surface area (Å²) in [4.78, 5) is 25.3. The second-order valence-electron chi connectivity index (χ2n) is 5.92. The van der Waals surface area contributed by atoms with E-state index in [9.17, 15) is 9.59 Å². The molecule has 0 atom stereocenters. The lowest BCUT2D eigenvalue weighted by molar-refractivity contribution is -0.121. The van der Waals surface area contributed by atoms with Crippen LogP contribution in [0.5, 0.6) is 11.5 Å². The summed E-state index contributed by atoms with van der Waals surface area (Å²) < 4.78 is 10.8. The molecule has 1 N–H and O–H groups in total. The number of carbonyl (C=O) groups excluding carboxylic acids is 2. The van der Waals surface area contributed by atoms with E-state index in [4.69, 9.17) is 9.47 Å². The van der Waals surface area contributed by atoms with E-state index in [0.29, 0.717) is 23.6 Å². The van der Waals surface area contributed by atoms with Crippen LogP contribution < -0.4 is 14.8 Å². The van der Waals surface area contributed by atoms with Crippen LogP contribution >= 0.6 is 0 Å². The van der Waals surface area contributed by atoms with E-state index in [1.807, 2.05) is 24.3 Å². The molecule has 0 aliphatic carbocycles. The molecule has 0 aliphatic rings. The first-order valence-electron chi connectivity index (χ1n) is 8.34. The number of ether oxygens (including phenoxy) is 2. The van der Waals surface area contributed by atoms with Crippen LogP contribution in [-0.4, -0.2) is 44.5 Å². The fourth-order valence-corrected chi connectivity index (χ4v) is 2.30. The monoisotopic (exact) mass is 356 g/mol. The first kappa shape index (κ1) is 19.3. The predicted molar refractivity (Wildman–Crippen MR) is 99.4 cm³/mol. The molecule has 0 heterocycles. The lowest BCUT2D eigenvalue weighted by Crippen LogP contribution is -2.24. The summed E-state index contributed by atoms with van der Waals surface area (Å²) in [5.41, 5.74) is 1.55. The minimum Gasteiger partial charge on any atom is -0.493 e. The molecule has 2 aromatic rings. The van der Waals surface area contributed by atoms with Crippen molar-refractivity contribution in [2.24, 2.45) is 0 Å². The molecule has 0 saturated carbocycles. The van der Waals surface area contributed by atoms with Crippen molar-refractivity contribution in [2.75, 3.05) is 27.8 Å². The van der Waals surface area contributed by atoms with Gasteiger partial charge in [0.15, 0.2) is 11.5 Å². The fraction of sp³-hybridized carbons (Fsp3) is 0.300. The van der Waals surface area contributed by atoms with Gasteiger partial charge in [0.2, 0.25) is 5.91 Å². The van der Waals surface area contributed by atoms with E-state index in [1.54, 1.807) is 45.5 Å². The molecular formula is C20H24N2O4. The number of carbonyl (C=O) groups is 2. The molecule has 26 heavy (non-hydrogen) atoms. The number of nitrogens with one attached hydrogen (secondary N) is 1. The van der Waals surface area contributed by atoms with E-state index >= 15 is 0 Å². The van der Waals surface area contributed by atoms with Crippen molar-refractivity contribution in [3.63, 3.8) is 0 Å². The molecule has 6 heteroatoms. The fourth-order valence-electron chi connectivity index (χ4n) is 2.30. The zero-order chi connectivity index (χ0) is 18.9. The Kier molecular flexibility index (Phi) is 7.02. The first-order chi connectivity index (χ1) is 12.5. The second-order valence-corrected chi connectivity index (χ2v) is 5.92. The van der Waals surface area contributed by atoms with Gasteiger partial charge in [-0.2, -0.15) is 0 Å². The van der Waals surface area contributed by atoms with E-state index in [0.717, 1.165) is 5.56 Å². The number of para-hydroxylation sites is 2. The van der Waals surface area contributed by atoms with Crippen molar-refractivity contribution in [1.82, 2.24) is 10.2 Å². The number of hydrogen-bond acceptors (Lipinski definition) is 4. The smallest absolute Gasteiger partial charge is 0.253 e. The largest absolute Gasteiger partial charge is 0.493 e. The summed E-state index contributed by atoms with van der Waals surface area (Å²) in [6, 6.07) is 14.5. The summed E-state index contributed by atoms with van der Waals surface area (Å²) in [7, 11) is 5.00. The van der Waals surface area contributed by atoms with Crippen LogP contribution in [0.15, 0.2) is 48.5 Å². The van der Waals surface area contributed by atoms with E-state index in [2.05, 4.69) is 5.32 Å². The molecule has 0 saturated heterocycles. The SMILES string of the molecule is COc1ccccc1OCCC(=O)NCc1ccc(C(=O)N(C)C)cc1. The number of hydrogen-bond donors (Lipinski definition) is 1. The topological polar surface area (TPSA) is 67.9 Å². The Labute approximate surface area is 153 Å². The maximum atomic E-state index is 11.9. The highest BCUT2D eigenvalue weighted by Crippen LogP contribution is 2.25. The molecule has 6 nitrogen and oxygen atoms in total. The van der Waals surface area contributed by atoms with Crippen LogP contribution in [-0.2, 0) is 11.3 Å². The van der Waals surface area contributed by atoms with Crippen LogP contribution in [0.2, 0.25) is 0 Å².